The standard InChI is InChI=1S/C21H24N4OS/c26-20(9-8-17-5-2-1-3-6-17)24-11-4-7-18(13-24)21-22-10-12-25(21)14-19-15-27-16-23-19/h1-3,5-6,10,12,15-16,18H,4,7-9,11,13-14H2. The molecule has 0 saturated carbocycles. The molecule has 0 bridgehead atoms. The molecule has 3 heterocycles. The number of benzene rings is 1. The van der Waals surface area contributed by atoms with E-state index >= 15 is 0 Å². The van der Waals surface area contributed by atoms with Gasteiger partial charge < -0.3 is 9.47 Å². The van der Waals surface area contributed by atoms with Crippen LogP contribution in [0.1, 0.15) is 42.3 Å². The van der Waals surface area contributed by atoms with Gasteiger partial charge >= 0.3 is 0 Å². The second-order valence-corrected chi connectivity index (χ2v) is 7.78. The van der Waals surface area contributed by atoms with Gasteiger partial charge in [-0.2, -0.15) is 0 Å². The summed E-state index contributed by atoms with van der Waals surface area (Å²) in [5.41, 5.74) is 4.14. The number of aromatic nitrogens is 3. The van der Waals surface area contributed by atoms with Crippen molar-refractivity contribution < 1.29 is 4.79 Å². The van der Waals surface area contributed by atoms with Crippen LogP contribution in [-0.2, 0) is 17.8 Å². The molecule has 1 unspecified atom stereocenters. The average Bonchev–Trinajstić information content (AvgIpc) is 3.39. The summed E-state index contributed by atoms with van der Waals surface area (Å²) >= 11 is 1.61. The van der Waals surface area contributed by atoms with E-state index in [1.165, 1.54) is 5.56 Å². The maximum atomic E-state index is 12.7. The molecule has 0 radical (unpaired) electrons. The van der Waals surface area contributed by atoms with Crippen LogP contribution in [0.25, 0.3) is 0 Å². The van der Waals surface area contributed by atoms with Crippen molar-refractivity contribution in [2.24, 2.45) is 0 Å². The quantitative estimate of drug-likeness (QED) is 0.655. The van der Waals surface area contributed by atoms with Crippen molar-refractivity contribution in [1.82, 2.24) is 19.4 Å². The smallest absolute Gasteiger partial charge is 0.222 e. The Morgan fingerprint density at radius 2 is 2.11 bits per heavy atom. The summed E-state index contributed by atoms with van der Waals surface area (Å²) in [6, 6.07) is 10.2. The average molecular weight is 381 g/mol. The number of piperidine rings is 1. The van der Waals surface area contributed by atoms with Crippen molar-refractivity contribution in [2.45, 2.75) is 38.1 Å². The van der Waals surface area contributed by atoms with Crippen LogP contribution >= 0.6 is 11.3 Å². The molecule has 1 saturated heterocycles. The second-order valence-electron chi connectivity index (χ2n) is 7.06. The lowest BCUT2D eigenvalue weighted by molar-refractivity contribution is -0.132. The molecular weight excluding hydrogens is 356 g/mol. The highest BCUT2D eigenvalue weighted by Gasteiger charge is 2.27. The van der Waals surface area contributed by atoms with Crippen LogP contribution in [0.5, 0.6) is 0 Å². The molecule has 140 valence electrons. The van der Waals surface area contributed by atoms with E-state index in [1.807, 2.05) is 41.0 Å². The van der Waals surface area contributed by atoms with Gasteiger partial charge in [-0.3, -0.25) is 4.79 Å². The number of carbonyl (C=O) groups is 1. The molecule has 0 aliphatic carbocycles. The number of nitrogens with zero attached hydrogens (tertiary/aromatic N) is 4. The van der Waals surface area contributed by atoms with Crippen molar-refractivity contribution in [3.8, 4) is 0 Å². The van der Waals surface area contributed by atoms with E-state index in [-0.39, 0.29) is 5.91 Å². The van der Waals surface area contributed by atoms with E-state index in [4.69, 9.17) is 0 Å². The first-order valence-corrected chi connectivity index (χ1v) is 10.4. The van der Waals surface area contributed by atoms with E-state index in [1.54, 1.807) is 11.3 Å². The molecule has 2 aromatic heterocycles. The maximum absolute atomic E-state index is 12.7. The van der Waals surface area contributed by atoms with Crippen LogP contribution in [0.3, 0.4) is 0 Å². The summed E-state index contributed by atoms with van der Waals surface area (Å²) in [7, 11) is 0. The topological polar surface area (TPSA) is 51.0 Å². The van der Waals surface area contributed by atoms with Crippen molar-refractivity contribution in [1.29, 1.82) is 0 Å². The fraction of sp³-hybridized carbons (Fsp3) is 0.381. The molecule has 5 nitrogen and oxygen atoms in total. The van der Waals surface area contributed by atoms with Crippen LogP contribution in [0.2, 0.25) is 0 Å². The normalized spacial score (nSPS) is 17.2. The fourth-order valence-corrected chi connectivity index (χ4v) is 4.32. The number of carbonyl (C=O) groups excluding carboxylic acids is 1. The van der Waals surface area contributed by atoms with Gasteiger partial charge in [0.05, 0.1) is 17.7 Å². The number of rotatable bonds is 6. The van der Waals surface area contributed by atoms with Gasteiger partial charge in [0, 0.05) is 43.2 Å². The van der Waals surface area contributed by atoms with E-state index in [2.05, 4.69) is 32.0 Å². The van der Waals surface area contributed by atoms with Gasteiger partial charge in [0.1, 0.15) is 5.82 Å². The molecule has 27 heavy (non-hydrogen) atoms. The van der Waals surface area contributed by atoms with Gasteiger partial charge in [0.15, 0.2) is 0 Å². The highest BCUT2D eigenvalue weighted by atomic mass is 32.1. The number of hydrogen-bond donors (Lipinski definition) is 0. The Kier molecular flexibility index (Phi) is 5.63. The molecule has 1 atom stereocenters. The monoisotopic (exact) mass is 380 g/mol. The molecule has 1 amide bonds. The SMILES string of the molecule is O=C(CCc1ccccc1)N1CCCC(c2nccn2Cc2cscn2)C1. The van der Waals surface area contributed by atoms with Gasteiger partial charge in [0.25, 0.3) is 0 Å². The van der Waals surface area contributed by atoms with Crippen LogP contribution in [0.4, 0.5) is 0 Å². The Morgan fingerprint density at radius 1 is 1.22 bits per heavy atom. The first-order valence-electron chi connectivity index (χ1n) is 9.49. The lowest BCUT2D eigenvalue weighted by Gasteiger charge is -2.32. The van der Waals surface area contributed by atoms with Crippen molar-refractivity contribution >= 4 is 17.2 Å². The minimum atomic E-state index is 0.251. The van der Waals surface area contributed by atoms with Crippen molar-refractivity contribution in [2.75, 3.05) is 13.1 Å². The molecule has 1 aromatic carbocycles. The minimum absolute atomic E-state index is 0.251. The Morgan fingerprint density at radius 3 is 2.93 bits per heavy atom. The maximum Gasteiger partial charge on any atom is 0.222 e. The third kappa shape index (κ3) is 4.45. The first-order chi connectivity index (χ1) is 13.3. The van der Waals surface area contributed by atoms with Gasteiger partial charge in [-0.15, -0.1) is 11.3 Å². The van der Waals surface area contributed by atoms with E-state index in [0.717, 1.165) is 50.4 Å². The zero-order valence-corrected chi connectivity index (χ0v) is 16.1. The van der Waals surface area contributed by atoms with Gasteiger partial charge in [0.2, 0.25) is 5.91 Å². The number of likely N-dealkylation sites (tertiary alicyclic amines) is 1. The van der Waals surface area contributed by atoms with Crippen LogP contribution in [0.15, 0.2) is 53.6 Å². The third-order valence-corrected chi connectivity index (χ3v) is 5.81. The lowest BCUT2D eigenvalue weighted by atomic mass is 9.96. The summed E-state index contributed by atoms with van der Waals surface area (Å²) in [5, 5.41) is 2.07. The predicted octanol–water partition coefficient (Wildman–Crippen LogP) is 3.73. The van der Waals surface area contributed by atoms with Crippen LogP contribution < -0.4 is 0 Å². The first kappa shape index (κ1) is 17.9. The number of aryl methyl sites for hydroxylation is 1. The van der Waals surface area contributed by atoms with E-state index < -0.39 is 0 Å². The number of hydrogen-bond acceptors (Lipinski definition) is 4. The molecule has 1 aliphatic heterocycles. The zero-order valence-electron chi connectivity index (χ0n) is 15.3. The number of thiazole rings is 1. The highest BCUT2D eigenvalue weighted by molar-refractivity contribution is 7.07. The zero-order chi connectivity index (χ0) is 18.5. The molecular formula is C21H24N4OS. The number of imidazole rings is 1. The summed E-state index contributed by atoms with van der Waals surface area (Å²) in [4.78, 5) is 23.7. The number of amides is 1. The lowest BCUT2D eigenvalue weighted by Crippen LogP contribution is -2.39. The highest BCUT2D eigenvalue weighted by Crippen LogP contribution is 2.27. The minimum Gasteiger partial charge on any atom is -0.342 e. The van der Waals surface area contributed by atoms with E-state index in [9.17, 15) is 4.79 Å². The fourth-order valence-electron chi connectivity index (χ4n) is 3.77. The second kappa shape index (κ2) is 8.48. The van der Waals surface area contributed by atoms with Crippen LogP contribution in [0, 0.1) is 0 Å². The Labute approximate surface area is 163 Å². The van der Waals surface area contributed by atoms with Crippen LogP contribution in [-0.4, -0.2) is 38.4 Å². The van der Waals surface area contributed by atoms with Gasteiger partial charge in [-0.1, -0.05) is 30.3 Å². The molecule has 6 heteroatoms. The summed E-state index contributed by atoms with van der Waals surface area (Å²) in [5.74, 6) is 1.62. The predicted molar refractivity (Wildman–Crippen MR) is 107 cm³/mol. The summed E-state index contributed by atoms with van der Waals surface area (Å²) in [6.45, 7) is 2.37. The van der Waals surface area contributed by atoms with Gasteiger partial charge in [-0.25, -0.2) is 9.97 Å². The van der Waals surface area contributed by atoms with Crippen molar-refractivity contribution in [3.63, 3.8) is 0 Å². The molecule has 0 spiro atoms. The Hall–Kier alpha value is -2.47. The Bertz CT molecular complexity index is 859. The molecule has 0 N–H and O–H groups in total. The molecule has 4 rings (SSSR count). The summed E-state index contributed by atoms with van der Waals surface area (Å²) in [6.07, 6.45) is 7.37. The molecule has 3 aromatic rings. The molecule has 1 aliphatic rings. The van der Waals surface area contributed by atoms with Gasteiger partial charge in [-0.05, 0) is 24.8 Å². The largest absolute Gasteiger partial charge is 0.342 e. The molecule has 1 fully saturated rings. The Balaban J connectivity index is 1.38. The summed E-state index contributed by atoms with van der Waals surface area (Å²) < 4.78 is 2.18. The third-order valence-electron chi connectivity index (χ3n) is 5.17. The van der Waals surface area contributed by atoms with E-state index in [0.29, 0.717) is 12.3 Å². The van der Waals surface area contributed by atoms with Crippen molar-refractivity contribution in [3.05, 3.63) is 70.7 Å².